The molecule has 2 aromatic heterocycles. The lowest BCUT2D eigenvalue weighted by Crippen LogP contribution is -2.31. The van der Waals surface area contributed by atoms with Gasteiger partial charge in [-0.3, -0.25) is 4.79 Å². The van der Waals surface area contributed by atoms with Gasteiger partial charge in [0.2, 0.25) is 5.91 Å². The van der Waals surface area contributed by atoms with Crippen molar-refractivity contribution in [3.05, 3.63) is 54.2 Å². The highest BCUT2D eigenvalue weighted by Crippen LogP contribution is 2.32. The van der Waals surface area contributed by atoms with Crippen molar-refractivity contribution in [2.24, 2.45) is 0 Å². The Balaban J connectivity index is 1.50. The van der Waals surface area contributed by atoms with E-state index in [9.17, 15) is 4.79 Å². The number of hydrogen-bond acceptors (Lipinski definition) is 3. The molecule has 1 atom stereocenters. The topological polar surface area (TPSA) is 62.1 Å². The number of nitrogens with one attached hydrogen (secondary N) is 1. The molecule has 5 heteroatoms. The molecule has 1 aliphatic rings. The van der Waals surface area contributed by atoms with Crippen molar-refractivity contribution >= 4 is 16.9 Å². The predicted octanol–water partition coefficient (Wildman–Crippen LogP) is 3.45. The summed E-state index contributed by atoms with van der Waals surface area (Å²) < 4.78 is 5.31. The minimum absolute atomic E-state index is 0.0616. The van der Waals surface area contributed by atoms with Crippen molar-refractivity contribution in [3.8, 4) is 0 Å². The van der Waals surface area contributed by atoms with Gasteiger partial charge in [-0.25, -0.2) is 4.98 Å². The van der Waals surface area contributed by atoms with Crippen LogP contribution < -0.4 is 0 Å². The molecule has 0 aliphatic carbocycles. The third kappa shape index (κ3) is 2.74. The Morgan fingerprint density at radius 3 is 3.04 bits per heavy atom. The number of nitrogens with zero attached hydrogens (tertiary/aromatic N) is 2. The monoisotopic (exact) mass is 309 g/mol. The summed E-state index contributed by atoms with van der Waals surface area (Å²) in [6.45, 7) is 0.804. The molecule has 1 N–H and O–H groups in total. The third-order valence-corrected chi connectivity index (χ3v) is 4.46. The lowest BCUT2D eigenvalue weighted by Gasteiger charge is -2.23. The Kier molecular flexibility index (Phi) is 3.61. The highest BCUT2D eigenvalue weighted by Gasteiger charge is 2.31. The first-order valence-corrected chi connectivity index (χ1v) is 8.08. The van der Waals surface area contributed by atoms with Gasteiger partial charge >= 0.3 is 0 Å². The molecular formula is C18H19N3O2. The van der Waals surface area contributed by atoms with E-state index >= 15 is 0 Å². The number of aryl methyl sites for hydroxylation is 1. The average molecular weight is 309 g/mol. The number of carbonyl (C=O) groups excluding carboxylic acids is 1. The fraction of sp³-hybridized carbons (Fsp3) is 0.333. The molecule has 0 spiro atoms. The van der Waals surface area contributed by atoms with Crippen LogP contribution in [0.3, 0.4) is 0 Å². The maximum atomic E-state index is 12.6. The summed E-state index contributed by atoms with van der Waals surface area (Å²) in [5, 5.41) is 0. The van der Waals surface area contributed by atoms with Crippen LogP contribution in [-0.2, 0) is 11.2 Å². The summed E-state index contributed by atoms with van der Waals surface area (Å²) in [7, 11) is 0. The lowest BCUT2D eigenvalue weighted by atomic mass is 10.2. The number of carbonyl (C=O) groups is 1. The van der Waals surface area contributed by atoms with E-state index in [1.54, 1.807) is 6.26 Å². The Bertz CT molecular complexity index is 774. The first kappa shape index (κ1) is 14.1. The van der Waals surface area contributed by atoms with Crippen LogP contribution in [-0.4, -0.2) is 27.3 Å². The molecule has 1 saturated heterocycles. The molecule has 0 radical (unpaired) electrons. The van der Waals surface area contributed by atoms with Crippen LogP contribution in [0.2, 0.25) is 0 Å². The van der Waals surface area contributed by atoms with Crippen LogP contribution in [0.15, 0.2) is 47.1 Å². The third-order valence-electron chi connectivity index (χ3n) is 4.46. The summed E-state index contributed by atoms with van der Waals surface area (Å²) in [5.74, 6) is 1.93. The molecule has 0 bridgehead atoms. The number of imidazole rings is 1. The number of para-hydroxylation sites is 2. The van der Waals surface area contributed by atoms with Crippen LogP contribution in [0.25, 0.3) is 11.0 Å². The highest BCUT2D eigenvalue weighted by atomic mass is 16.3. The van der Waals surface area contributed by atoms with Gasteiger partial charge in [0.25, 0.3) is 0 Å². The highest BCUT2D eigenvalue weighted by molar-refractivity contribution is 5.78. The van der Waals surface area contributed by atoms with Crippen LogP contribution in [0.4, 0.5) is 0 Å². The number of aromatic nitrogens is 2. The van der Waals surface area contributed by atoms with Crippen molar-refractivity contribution in [1.29, 1.82) is 0 Å². The number of fused-ring (bicyclic) bond motifs is 1. The first-order valence-electron chi connectivity index (χ1n) is 8.08. The molecule has 0 unspecified atom stereocenters. The van der Waals surface area contributed by atoms with E-state index in [-0.39, 0.29) is 11.9 Å². The second-order valence-electron chi connectivity index (χ2n) is 5.96. The standard InChI is InChI=1S/C18H19N3O2/c22-17(10-9-13-5-4-12-23-13)21-11-3-8-16(21)18-19-14-6-1-2-7-15(14)20-18/h1-2,4-7,12,16H,3,8-11H2,(H,19,20)/t16-/m1/s1. The maximum absolute atomic E-state index is 12.6. The van der Waals surface area contributed by atoms with E-state index in [2.05, 4.69) is 9.97 Å². The van der Waals surface area contributed by atoms with Crippen molar-refractivity contribution < 1.29 is 9.21 Å². The molecule has 4 rings (SSSR count). The molecule has 118 valence electrons. The van der Waals surface area contributed by atoms with Gasteiger partial charge in [0, 0.05) is 19.4 Å². The molecular weight excluding hydrogens is 290 g/mol. The number of furan rings is 1. The summed E-state index contributed by atoms with van der Waals surface area (Å²) in [6, 6.07) is 11.8. The normalized spacial score (nSPS) is 17.9. The van der Waals surface area contributed by atoms with Crippen LogP contribution in [0.1, 0.15) is 36.9 Å². The molecule has 5 nitrogen and oxygen atoms in total. The Morgan fingerprint density at radius 1 is 1.30 bits per heavy atom. The van der Waals surface area contributed by atoms with Gasteiger partial charge in [0.1, 0.15) is 11.6 Å². The summed E-state index contributed by atoms with van der Waals surface area (Å²) in [4.78, 5) is 22.6. The molecule has 23 heavy (non-hydrogen) atoms. The van der Waals surface area contributed by atoms with Crippen molar-refractivity contribution in [2.75, 3.05) is 6.54 Å². The number of likely N-dealkylation sites (tertiary alicyclic amines) is 1. The largest absolute Gasteiger partial charge is 0.469 e. The number of aromatic amines is 1. The van der Waals surface area contributed by atoms with Crippen LogP contribution >= 0.6 is 0 Å². The van der Waals surface area contributed by atoms with Crippen molar-refractivity contribution in [3.63, 3.8) is 0 Å². The van der Waals surface area contributed by atoms with E-state index in [4.69, 9.17) is 4.42 Å². The number of hydrogen-bond donors (Lipinski definition) is 1. The lowest BCUT2D eigenvalue weighted by molar-refractivity contribution is -0.132. The number of rotatable bonds is 4. The number of benzene rings is 1. The van der Waals surface area contributed by atoms with Crippen LogP contribution in [0.5, 0.6) is 0 Å². The molecule has 1 amide bonds. The van der Waals surface area contributed by atoms with Crippen molar-refractivity contribution in [2.45, 2.75) is 31.7 Å². The van der Waals surface area contributed by atoms with Crippen molar-refractivity contribution in [1.82, 2.24) is 14.9 Å². The quantitative estimate of drug-likeness (QED) is 0.803. The zero-order valence-corrected chi connectivity index (χ0v) is 12.9. The second kappa shape index (κ2) is 5.91. The predicted molar refractivity (Wildman–Crippen MR) is 86.8 cm³/mol. The SMILES string of the molecule is O=C(CCc1ccco1)N1CCC[C@@H]1c1nc2ccccc2[nH]1. The first-order chi connectivity index (χ1) is 11.3. The molecule has 0 saturated carbocycles. The number of amides is 1. The van der Waals surface area contributed by atoms with E-state index in [1.165, 1.54) is 0 Å². The van der Waals surface area contributed by atoms with Gasteiger partial charge in [0.15, 0.2) is 0 Å². The van der Waals surface area contributed by atoms with Gasteiger partial charge in [-0.15, -0.1) is 0 Å². The Morgan fingerprint density at radius 2 is 2.22 bits per heavy atom. The summed E-state index contributed by atoms with van der Waals surface area (Å²) in [5.41, 5.74) is 1.98. The van der Waals surface area contributed by atoms with E-state index in [1.807, 2.05) is 41.3 Å². The second-order valence-corrected chi connectivity index (χ2v) is 5.96. The van der Waals surface area contributed by atoms with Gasteiger partial charge in [-0.05, 0) is 37.1 Å². The summed E-state index contributed by atoms with van der Waals surface area (Å²) >= 11 is 0. The minimum atomic E-state index is 0.0616. The van der Waals surface area contributed by atoms with Gasteiger partial charge < -0.3 is 14.3 Å². The van der Waals surface area contributed by atoms with Gasteiger partial charge in [-0.1, -0.05) is 12.1 Å². The van der Waals surface area contributed by atoms with E-state index < -0.39 is 0 Å². The molecule has 1 fully saturated rings. The molecule has 1 aliphatic heterocycles. The molecule has 1 aromatic carbocycles. The zero-order chi connectivity index (χ0) is 15.6. The Labute approximate surface area is 134 Å². The van der Waals surface area contributed by atoms with E-state index in [0.29, 0.717) is 12.8 Å². The van der Waals surface area contributed by atoms with Crippen LogP contribution in [0, 0.1) is 0 Å². The summed E-state index contributed by atoms with van der Waals surface area (Å²) in [6.07, 6.45) is 4.76. The molecule has 3 aromatic rings. The van der Waals surface area contributed by atoms with E-state index in [0.717, 1.165) is 42.0 Å². The minimum Gasteiger partial charge on any atom is -0.469 e. The fourth-order valence-corrected chi connectivity index (χ4v) is 3.31. The Hall–Kier alpha value is -2.56. The molecule has 3 heterocycles. The van der Waals surface area contributed by atoms with Gasteiger partial charge in [0.05, 0.1) is 23.3 Å². The smallest absolute Gasteiger partial charge is 0.223 e. The zero-order valence-electron chi connectivity index (χ0n) is 12.9. The maximum Gasteiger partial charge on any atom is 0.223 e. The van der Waals surface area contributed by atoms with Gasteiger partial charge in [-0.2, -0.15) is 0 Å². The number of H-pyrrole nitrogens is 1. The fourth-order valence-electron chi connectivity index (χ4n) is 3.31. The average Bonchev–Trinajstić information content (AvgIpc) is 3.31.